The zero-order valence-electron chi connectivity index (χ0n) is 17.6. The largest absolute Gasteiger partial charge is 0.497 e. The predicted octanol–water partition coefficient (Wildman–Crippen LogP) is 5.63. The van der Waals surface area contributed by atoms with Crippen LogP contribution in [-0.2, 0) is 4.79 Å². The molecule has 5 nitrogen and oxygen atoms in total. The fourth-order valence-electron chi connectivity index (χ4n) is 3.18. The van der Waals surface area contributed by atoms with Gasteiger partial charge in [0.1, 0.15) is 11.9 Å². The zero-order valence-corrected chi connectivity index (χ0v) is 20.7. The van der Waals surface area contributed by atoms with E-state index in [0.29, 0.717) is 11.4 Å². The van der Waals surface area contributed by atoms with Crippen LogP contribution in [0.15, 0.2) is 84.9 Å². The van der Waals surface area contributed by atoms with Crippen molar-refractivity contribution in [3.63, 3.8) is 0 Å². The molecule has 172 valence electrons. The van der Waals surface area contributed by atoms with Crippen LogP contribution in [0.3, 0.4) is 0 Å². The van der Waals surface area contributed by atoms with E-state index in [2.05, 4.69) is 16.0 Å². The number of benzene rings is 3. The maximum absolute atomic E-state index is 13.4. The van der Waals surface area contributed by atoms with Gasteiger partial charge in [0.05, 0.1) is 13.0 Å². The predicted molar refractivity (Wildman–Crippen MR) is 139 cm³/mol. The van der Waals surface area contributed by atoms with Crippen LogP contribution in [0.2, 0.25) is 0 Å². The van der Waals surface area contributed by atoms with Crippen molar-refractivity contribution in [2.24, 2.45) is 0 Å². The Morgan fingerprint density at radius 1 is 0.848 bits per heavy atom. The number of methoxy groups -OCH3 is 1. The van der Waals surface area contributed by atoms with E-state index >= 15 is 0 Å². The topological polar surface area (TPSA) is 62.4 Å². The summed E-state index contributed by atoms with van der Waals surface area (Å²) in [6.45, 7) is 0. The Hall–Kier alpha value is -2.51. The third kappa shape index (κ3) is 7.24. The third-order valence-corrected chi connectivity index (χ3v) is 5.64. The van der Waals surface area contributed by atoms with Gasteiger partial charge >= 0.3 is 0 Å². The van der Waals surface area contributed by atoms with E-state index in [-0.39, 0.29) is 11.0 Å². The molecule has 1 atom stereocenters. The second-order valence-electron chi connectivity index (χ2n) is 7.06. The maximum Gasteiger partial charge on any atom is 0.233 e. The molecule has 33 heavy (non-hydrogen) atoms. The lowest BCUT2D eigenvalue weighted by molar-refractivity contribution is -0.122. The average Bonchev–Trinajstić information content (AvgIpc) is 2.80. The highest BCUT2D eigenvalue weighted by Gasteiger charge is 2.36. The Balaban J connectivity index is 1.77. The van der Waals surface area contributed by atoms with Crippen LogP contribution in [0.25, 0.3) is 0 Å². The van der Waals surface area contributed by atoms with E-state index in [1.807, 2.05) is 60.7 Å². The van der Waals surface area contributed by atoms with Crippen molar-refractivity contribution < 1.29 is 9.53 Å². The van der Waals surface area contributed by atoms with E-state index in [4.69, 9.17) is 51.8 Å². The molecule has 0 aliphatic rings. The number of carbonyl (C=O) groups excluding carboxylic acids is 1. The van der Waals surface area contributed by atoms with Gasteiger partial charge in [-0.05, 0) is 47.6 Å². The van der Waals surface area contributed by atoms with Crippen molar-refractivity contribution >= 4 is 63.7 Å². The SMILES string of the molecule is COc1ccc(NC(=S)N[C@@H](NC(=O)C(c2ccccc2)c2ccccc2)C(Cl)(Cl)Cl)cc1. The minimum Gasteiger partial charge on any atom is -0.497 e. The molecule has 0 unspecified atom stereocenters. The Labute approximate surface area is 213 Å². The van der Waals surface area contributed by atoms with E-state index in [0.717, 1.165) is 11.1 Å². The van der Waals surface area contributed by atoms with Gasteiger partial charge in [-0.25, -0.2) is 0 Å². The molecule has 0 saturated carbocycles. The first-order chi connectivity index (χ1) is 15.8. The summed E-state index contributed by atoms with van der Waals surface area (Å²) in [6.07, 6.45) is -1.09. The molecule has 0 aliphatic carbocycles. The van der Waals surface area contributed by atoms with E-state index < -0.39 is 15.9 Å². The van der Waals surface area contributed by atoms with Gasteiger partial charge in [0.2, 0.25) is 9.70 Å². The van der Waals surface area contributed by atoms with Gasteiger partial charge in [0.15, 0.2) is 5.11 Å². The number of halogens is 3. The van der Waals surface area contributed by atoms with Gasteiger partial charge in [0, 0.05) is 5.69 Å². The van der Waals surface area contributed by atoms with E-state index in [9.17, 15) is 4.79 Å². The van der Waals surface area contributed by atoms with Gasteiger partial charge in [-0.1, -0.05) is 95.5 Å². The maximum atomic E-state index is 13.4. The smallest absolute Gasteiger partial charge is 0.233 e. The molecule has 9 heteroatoms. The number of ether oxygens (including phenoxy) is 1. The molecule has 3 aromatic rings. The molecular weight excluding hydrogens is 501 g/mol. The first-order valence-corrected chi connectivity index (χ1v) is 11.5. The molecule has 0 bridgehead atoms. The van der Waals surface area contributed by atoms with Crippen molar-refractivity contribution in [2.45, 2.75) is 15.9 Å². The molecule has 1 amide bonds. The molecule has 0 aromatic heterocycles. The number of thiocarbonyl (C=S) groups is 1. The van der Waals surface area contributed by atoms with E-state index in [1.165, 1.54) is 0 Å². The van der Waals surface area contributed by atoms with Crippen LogP contribution in [0.4, 0.5) is 5.69 Å². The Kier molecular flexibility index (Phi) is 8.80. The minimum atomic E-state index is -1.88. The summed E-state index contributed by atoms with van der Waals surface area (Å²) in [5.41, 5.74) is 2.32. The summed E-state index contributed by atoms with van der Waals surface area (Å²) >= 11 is 23.9. The number of amides is 1. The third-order valence-electron chi connectivity index (χ3n) is 4.77. The fraction of sp³-hybridized carbons (Fsp3) is 0.167. The number of anilines is 1. The summed E-state index contributed by atoms with van der Waals surface area (Å²) in [5.74, 6) is -0.241. The Morgan fingerprint density at radius 2 is 1.36 bits per heavy atom. The molecule has 0 aliphatic heterocycles. The molecule has 0 saturated heterocycles. The second-order valence-corrected chi connectivity index (χ2v) is 9.84. The van der Waals surface area contributed by atoms with Crippen LogP contribution in [0, 0.1) is 0 Å². The van der Waals surface area contributed by atoms with Crippen molar-refractivity contribution in [3.8, 4) is 5.75 Å². The van der Waals surface area contributed by atoms with Crippen molar-refractivity contribution in [2.75, 3.05) is 12.4 Å². The summed E-state index contributed by atoms with van der Waals surface area (Å²) in [6, 6.07) is 25.9. The van der Waals surface area contributed by atoms with Crippen molar-refractivity contribution in [3.05, 3.63) is 96.1 Å². The molecule has 0 spiro atoms. The van der Waals surface area contributed by atoms with Gasteiger partial charge in [-0.2, -0.15) is 0 Å². The highest BCUT2D eigenvalue weighted by atomic mass is 35.6. The standard InChI is InChI=1S/C24H22Cl3N3O2S/c1-32-19-14-12-18(13-15-19)28-23(33)30-22(24(25,26)27)29-21(31)20(16-8-4-2-5-9-16)17-10-6-3-7-11-17/h2-15,20,22H,1H3,(H,29,31)(H2,28,30,33)/t22-/m1/s1. The normalized spacial score (nSPS) is 12.0. The van der Waals surface area contributed by atoms with Gasteiger partial charge in [-0.15, -0.1) is 0 Å². The lowest BCUT2D eigenvalue weighted by atomic mass is 9.90. The summed E-state index contributed by atoms with van der Waals surface area (Å²) < 4.78 is 3.27. The summed E-state index contributed by atoms with van der Waals surface area (Å²) in [4.78, 5) is 13.4. The number of hydrogen-bond acceptors (Lipinski definition) is 3. The van der Waals surface area contributed by atoms with Crippen LogP contribution >= 0.6 is 47.0 Å². The quantitative estimate of drug-likeness (QED) is 0.213. The van der Waals surface area contributed by atoms with Gasteiger partial charge < -0.3 is 20.7 Å². The average molecular weight is 523 g/mol. The van der Waals surface area contributed by atoms with Crippen LogP contribution in [-0.4, -0.2) is 28.1 Å². The molecule has 3 aromatic carbocycles. The first-order valence-electron chi connectivity index (χ1n) is 9.96. The summed E-state index contributed by atoms with van der Waals surface area (Å²) in [5, 5.41) is 8.85. The molecule has 0 radical (unpaired) electrons. The highest BCUT2D eigenvalue weighted by Crippen LogP contribution is 2.31. The number of alkyl halides is 3. The fourth-order valence-corrected chi connectivity index (χ4v) is 3.75. The van der Waals surface area contributed by atoms with Crippen LogP contribution in [0.5, 0.6) is 5.75 Å². The molecule has 3 rings (SSSR count). The highest BCUT2D eigenvalue weighted by molar-refractivity contribution is 7.80. The van der Waals surface area contributed by atoms with Crippen molar-refractivity contribution in [1.29, 1.82) is 0 Å². The summed E-state index contributed by atoms with van der Waals surface area (Å²) in [7, 11) is 1.58. The lowest BCUT2D eigenvalue weighted by Gasteiger charge is -2.29. The number of nitrogens with one attached hydrogen (secondary N) is 3. The number of rotatable bonds is 7. The number of hydrogen-bond donors (Lipinski definition) is 3. The Bertz CT molecular complexity index is 1020. The van der Waals surface area contributed by atoms with Crippen LogP contribution < -0.4 is 20.7 Å². The van der Waals surface area contributed by atoms with E-state index in [1.54, 1.807) is 31.4 Å². The second kappa shape index (κ2) is 11.6. The van der Waals surface area contributed by atoms with Crippen molar-refractivity contribution in [1.82, 2.24) is 10.6 Å². The van der Waals surface area contributed by atoms with Gasteiger partial charge in [-0.3, -0.25) is 4.79 Å². The minimum absolute atomic E-state index is 0.174. The first kappa shape index (κ1) is 25.1. The monoisotopic (exact) mass is 521 g/mol. The molecular formula is C24H22Cl3N3O2S. The Morgan fingerprint density at radius 3 is 1.82 bits per heavy atom. The zero-order chi connectivity index (χ0) is 23.8. The number of carbonyl (C=O) groups is 1. The van der Waals surface area contributed by atoms with Gasteiger partial charge in [0.25, 0.3) is 0 Å². The molecule has 0 fully saturated rings. The molecule has 0 heterocycles. The van der Waals surface area contributed by atoms with Crippen LogP contribution in [0.1, 0.15) is 17.0 Å². The molecule has 3 N–H and O–H groups in total. The lowest BCUT2D eigenvalue weighted by Crippen LogP contribution is -2.57.